The molecule has 0 heterocycles. The van der Waals surface area contributed by atoms with E-state index in [1.54, 1.807) is 19.3 Å². The molecule has 0 N–H and O–H groups in total. The van der Waals surface area contributed by atoms with Crippen LogP contribution in [0.3, 0.4) is 0 Å². The van der Waals surface area contributed by atoms with Crippen LogP contribution in [0, 0.1) is 30.1 Å². The minimum atomic E-state index is 1.14. The summed E-state index contributed by atoms with van der Waals surface area (Å²) in [5.74, 6) is 5.35. The highest BCUT2D eigenvalue weighted by atomic mass is 14.5. The lowest BCUT2D eigenvalue weighted by atomic mass is 9.56. The van der Waals surface area contributed by atoms with Crippen LogP contribution in [0.15, 0.2) is 0 Å². The Hall–Kier alpha value is 0. The summed E-state index contributed by atoms with van der Waals surface area (Å²) in [5, 5.41) is 0. The molecule has 0 atom stereocenters. The third-order valence-electron chi connectivity index (χ3n) is 4.02. The van der Waals surface area contributed by atoms with Crippen molar-refractivity contribution in [1.29, 1.82) is 0 Å². The van der Waals surface area contributed by atoms with Crippen LogP contribution in [-0.4, -0.2) is 0 Å². The molecule has 5 fully saturated rings. The Morgan fingerprint density at radius 2 is 1.15 bits per heavy atom. The second-order valence-electron chi connectivity index (χ2n) is 5.53. The Labute approximate surface area is 82.1 Å². The van der Waals surface area contributed by atoms with E-state index in [0.717, 1.165) is 17.8 Å². The first-order valence-electron chi connectivity index (χ1n) is 6.05. The zero-order chi connectivity index (χ0) is 8.67. The molecular formula is C13H20. The van der Waals surface area contributed by atoms with E-state index >= 15 is 0 Å². The maximum atomic E-state index is 2.25. The van der Waals surface area contributed by atoms with Crippen LogP contribution < -0.4 is 0 Å². The third-order valence-corrected chi connectivity index (χ3v) is 4.02. The van der Waals surface area contributed by atoms with Crippen molar-refractivity contribution in [3.63, 3.8) is 0 Å². The van der Waals surface area contributed by atoms with Crippen molar-refractivity contribution in [3.8, 4) is 0 Å². The fourth-order valence-corrected chi connectivity index (χ4v) is 3.68. The molecule has 0 heteroatoms. The predicted octanol–water partition coefficient (Wildman–Crippen LogP) is 3.78. The van der Waals surface area contributed by atoms with Gasteiger partial charge in [-0.15, -0.1) is 0 Å². The van der Waals surface area contributed by atoms with Gasteiger partial charge in [-0.05, 0) is 81.5 Å². The van der Waals surface area contributed by atoms with Crippen molar-refractivity contribution < 1.29 is 0 Å². The Kier molecular flexibility index (Phi) is 2.11. The van der Waals surface area contributed by atoms with E-state index < -0.39 is 0 Å². The zero-order valence-electron chi connectivity index (χ0n) is 8.47. The largest absolute Gasteiger partial charge is 0.0499 e. The van der Waals surface area contributed by atoms with Crippen molar-refractivity contribution in [1.82, 2.24) is 0 Å². The lowest BCUT2D eigenvalue weighted by Gasteiger charge is -2.49. The molecule has 0 spiro atoms. The van der Waals surface area contributed by atoms with Gasteiger partial charge in [0.25, 0.3) is 0 Å². The van der Waals surface area contributed by atoms with Crippen molar-refractivity contribution in [2.75, 3.05) is 0 Å². The topological polar surface area (TPSA) is 0 Å². The molecule has 0 nitrogen and oxygen atoms in total. The summed E-state index contributed by atoms with van der Waals surface area (Å²) in [7, 11) is 0. The lowest BCUT2D eigenvalue weighted by Crippen LogP contribution is -2.37. The van der Waals surface area contributed by atoms with Crippen LogP contribution in [0.2, 0.25) is 0 Å². The highest BCUT2D eigenvalue weighted by Gasteiger charge is 2.42. The van der Waals surface area contributed by atoms with E-state index in [4.69, 9.17) is 0 Å². The summed E-state index contributed by atoms with van der Waals surface area (Å²) in [6, 6.07) is 0. The highest BCUT2D eigenvalue weighted by molar-refractivity contribution is 5.08. The smallest absolute Gasteiger partial charge is 0.0233 e. The molecule has 5 saturated carbocycles. The van der Waals surface area contributed by atoms with E-state index in [-0.39, 0.29) is 0 Å². The normalized spacial score (nSPS) is 45.7. The molecule has 0 aromatic carbocycles. The molecule has 0 saturated heterocycles. The first kappa shape index (κ1) is 8.32. The van der Waals surface area contributed by atoms with Crippen LogP contribution in [-0.2, 0) is 0 Å². The fourth-order valence-electron chi connectivity index (χ4n) is 3.68. The zero-order valence-corrected chi connectivity index (χ0v) is 8.47. The molecule has 0 aliphatic heterocycles. The van der Waals surface area contributed by atoms with Crippen LogP contribution >= 0.6 is 0 Å². The van der Waals surface area contributed by atoms with Crippen molar-refractivity contribution >= 4 is 0 Å². The minimum absolute atomic E-state index is 1.14. The average Bonchev–Trinajstić information content (AvgIpc) is 2.85. The second-order valence-corrected chi connectivity index (χ2v) is 5.53. The summed E-state index contributed by atoms with van der Waals surface area (Å²) in [4.78, 5) is 0. The van der Waals surface area contributed by atoms with Gasteiger partial charge in [-0.2, -0.15) is 0 Å². The Morgan fingerprint density at radius 1 is 0.769 bits per heavy atom. The van der Waals surface area contributed by atoms with Gasteiger partial charge in [0, 0.05) is 0 Å². The fraction of sp³-hybridized carbons (Fsp3) is 0.846. The van der Waals surface area contributed by atoms with E-state index in [1.807, 2.05) is 5.92 Å². The molecule has 4 bridgehead atoms. The standard InChI is InChI=1S/C10H15.C3H5/c1-7-2-9-4-8(1)5-10(3-7)6-9;1-2-3-1/h7-9H,1-6H2;1H,2-3H2. The molecule has 2 radical (unpaired) electrons. The second kappa shape index (κ2) is 3.29. The van der Waals surface area contributed by atoms with Gasteiger partial charge in [0.1, 0.15) is 0 Å². The monoisotopic (exact) mass is 176 g/mol. The van der Waals surface area contributed by atoms with Crippen LogP contribution in [0.25, 0.3) is 0 Å². The van der Waals surface area contributed by atoms with Gasteiger partial charge in [0.15, 0.2) is 0 Å². The molecule has 5 aliphatic carbocycles. The Bertz CT molecular complexity index is 121. The van der Waals surface area contributed by atoms with Gasteiger partial charge in [0.2, 0.25) is 0 Å². The first-order valence-corrected chi connectivity index (χ1v) is 6.05. The van der Waals surface area contributed by atoms with Crippen molar-refractivity contribution in [2.24, 2.45) is 17.8 Å². The highest BCUT2D eigenvalue weighted by Crippen LogP contribution is 2.54. The number of hydrogen-bond donors (Lipinski definition) is 0. The summed E-state index contributed by atoms with van der Waals surface area (Å²) >= 11 is 0. The van der Waals surface area contributed by atoms with E-state index in [2.05, 4.69) is 6.42 Å². The Morgan fingerprint density at radius 3 is 1.38 bits per heavy atom. The van der Waals surface area contributed by atoms with Gasteiger partial charge in [-0.25, -0.2) is 0 Å². The van der Waals surface area contributed by atoms with Crippen molar-refractivity contribution in [3.05, 3.63) is 12.3 Å². The molecule has 0 unspecified atom stereocenters. The van der Waals surface area contributed by atoms with E-state index in [0.29, 0.717) is 0 Å². The Balaban J connectivity index is 0.000000161. The van der Waals surface area contributed by atoms with Crippen LogP contribution in [0.1, 0.15) is 51.4 Å². The van der Waals surface area contributed by atoms with Gasteiger partial charge in [0.05, 0.1) is 0 Å². The van der Waals surface area contributed by atoms with Gasteiger partial charge in [-0.3, -0.25) is 0 Å². The van der Waals surface area contributed by atoms with E-state index in [9.17, 15) is 0 Å². The molecule has 0 aromatic rings. The molecular weight excluding hydrogens is 156 g/mol. The molecule has 72 valence electrons. The summed E-state index contributed by atoms with van der Waals surface area (Å²) in [6.45, 7) is 0. The molecule has 5 rings (SSSR count). The maximum absolute atomic E-state index is 2.25. The minimum Gasteiger partial charge on any atom is -0.0499 e. The van der Waals surface area contributed by atoms with Crippen LogP contribution in [0.5, 0.6) is 0 Å². The first-order chi connectivity index (χ1) is 6.40. The molecule has 5 aliphatic rings. The molecule has 0 amide bonds. The third kappa shape index (κ3) is 1.92. The summed E-state index contributed by atoms with van der Waals surface area (Å²) in [5.41, 5.74) is 0. The molecule has 0 aromatic heterocycles. The van der Waals surface area contributed by atoms with Gasteiger partial charge < -0.3 is 0 Å². The quantitative estimate of drug-likeness (QED) is 0.527. The maximum Gasteiger partial charge on any atom is -0.0233 e. The van der Waals surface area contributed by atoms with Crippen LogP contribution in [0.4, 0.5) is 0 Å². The van der Waals surface area contributed by atoms with Gasteiger partial charge in [-0.1, -0.05) is 0 Å². The SMILES string of the molecule is C1[C]2CC3CC1CC(C2)C3.[CH]1CC1. The van der Waals surface area contributed by atoms with Gasteiger partial charge >= 0.3 is 0 Å². The number of hydrogen-bond acceptors (Lipinski definition) is 0. The average molecular weight is 176 g/mol. The summed E-state index contributed by atoms with van der Waals surface area (Å²) in [6.07, 6.45) is 14.3. The van der Waals surface area contributed by atoms with Crippen molar-refractivity contribution in [2.45, 2.75) is 51.4 Å². The molecule has 13 heavy (non-hydrogen) atoms. The summed E-state index contributed by atoms with van der Waals surface area (Å²) < 4.78 is 0. The number of rotatable bonds is 0. The lowest BCUT2D eigenvalue weighted by molar-refractivity contribution is 0.0920. The van der Waals surface area contributed by atoms with E-state index in [1.165, 1.54) is 32.1 Å². The predicted molar refractivity (Wildman–Crippen MR) is 54.9 cm³/mol.